The second-order valence-electron chi connectivity index (χ2n) is 5.73. The van der Waals surface area contributed by atoms with Gasteiger partial charge in [0.05, 0.1) is 5.69 Å². The van der Waals surface area contributed by atoms with Gasteiger partial charge in [-0.15, -0.1) is 0 Å². The van der Waals surface area contributed by atoms with E-state index in [4.69, 9.17) is 15.7 Å². The van der Waals surface area contributed by atoms with Crippen molar-refractivity contribution in [2.45, 2.75) is 4.90 Å². The summed E-state index contributed by atoms with van der Waals surface area (Å²) in [6.07, 6.45) is 1.80. The van der Waals surface area contributed by atoms with Gasteiger partial charge < -0.3 is 10.5 Å². The number of anilines is 2. The lowest BCUT2D eigenvalue weighted by Gasteiger charge is -2.04. The number of hydrogen-bond donors (Lipinski definition) is 2. The lowest BCUT2D eigenvalue weighted by Crippen LogP contribution is -1.95. The molecule has 0 atom stereocenters. The molecule has 0 aliphatic rings. The van der Waals surface area contributed by atoms with Crippen LogP contribution in [0.1, 0.15) is 0 Å². The maximum absolute atomic E-state index is 7.00. The summed E-state index contributed by atoms with van der Waals surface area (Å²) < 4.78 is 5.17. The molecule has 0 radical (unpaired) electrons. The molecule has 3 N–H and O–H groups in total. The molecule has 7 nitrogen and oxygen atoms in total. The molecule has 0 bridgehead atoms. The van der Waals surface area contributed by atoms with Crippen LogP contribution in [-0.4, -0.2) is 14.8 Å². The largest absolute Gasteiger partial charge is 0.384 e. The Hall–Kier alpha value is -3.39. The van der Waals surface area contributed by atoms with Crippen LogP contribution >= 0.6 is 11.9 Å². The van der Waals surface area contributed by atoms with Crippen molar-refractivity contribution < 1.29 is 0 Å². The maximum Gasteiger partial charge on any atom is 0.158 e. The van der Waals surface area contributed by atoms with Crippen LogP contribution in [0.4, 0.5) is 11.6 Å². The number of pyridine rings is 1. The van der Waals surface area contributed by atoms with E-state index in [1.165, 1.54) is 0 Å². The van der Waals surface area contributed by atoms with E-state index < -0.39 is 0 Å². The van der Waals surface area contributed by atoms with Gasteiger partial charge in [-0.05, 0) is 41.6 Å². The van der Waals surface area contributed by atoms with E-state index >= 15 is 0 Å². The minimum absolute atomic E-state index is 0.533. The van der Waals surface area contributed by atoms with E-state index in [1.807, 2.05) is 42.1 Å². The lowest BCUT2D eigenvalue weighted by molar-refractivity contribution is 0.780. The summed E-state index contributed by atoms with van der Waals surface area (Å²) in [7, 11) is 1.94. The topological polar surface area (TPSA) is 103 Å². The van der Waals surface area contributed by atoms with E-state index in [0.717, 1.165) is 32.7 Å². The average molecular weight is 379 g/mol. The average Bonchev–Trinajstić information content (AvgIpc) is 3.09. The Bertz CT molecular complexity index is 1050. The van der Waals surface area contributed by atoms with Crippen molar-refractivity contribution in [2.75, 3.05) is 10.5 Å². The summed E-state index contributed by atoms with van der Waals surface area (Å²) in [5.41, 5.74) is 7.87. The van der Waals surface area contributed by atoms with Crippen molar-refractivity contribution in [2.24, 2.45) is 7.05 Å². The number of nitrogens with one attached hydrogen (secondary N) is 1. The Morgan fingerprint density at radius 2 is 1.78 bits per heavy atom. The highest BCUT2D eigenvalue weighted by atomic mass is 32.2. The summed E-state index contributed by atoms with van der Waals surface area (Å²) in [5, 5.41) is 6.68. The van der Waals surface area contributed by atoms with Gasteiger partial charge >= 0.3 is 0 Å². The first-order valence-corrected chi connectivity index (χ1v) is 8.85. The zero-order valence-corrected chi connectivity index (χ0v) is 15.3. The molecule has 0 spiro atoms. The third kappa shape index (κ3) is 4.24. The molecular weight excluding hydrogens is 362 g/mol. The Morgan fingerprint density at radius 3 is 2.56 bits per heavy atom. The Morgan fingerprint density at radius 1 is 1.00 bits per heavy atom. The number of benzene rings is 2. The summed E-state index contributed by atoms with van der Waals surface area (Å²) in [6.45, 7) is 0. The highest BCUT2D eigenvalue weighted by Crippen LogP contribution is 2.28. The Kier molecular flexibility index (Phi) is 5.68. The highest BCUT2D eigenvalue weighted by Gasteiger charge is 2.09. The minimum atomic E-state index is 0.533. The molecule has 0 amide bonds. The summed E-state index contributed by atoms with van der Waals surface area (Å²) in [5.74, 6) is 1.35. The molecule has 4 aromatic rings. The van der Waals surface area contributed by atoms with Gasteiger partial charge in [-0.3, -0.25) is 4.68 Å². The van der Waals surface area contributed by atoms with Crippen LogP contribution in [0.2, 0.25) is 0 Å². The van der Waals surface area contributed by atoms with Crippen molar-refractivity contribution in [1.82, 2.24) is 14.8 Å². The van der Waals surface area contributed by atoms with Crippen LogP contribution < -0.4 is 10.5 Å². The van der Waals surface area contributed by atoms with Crippen LogP contribution in [-0.2, 0) is 7.05 Å². The number of nitrogens with zero attached hydrogens (tertiary/aromatic N) is 3. The summed E-state index contributed by atoms with van der Waals surface area (Å²) >= 11 is 1.55. The van der Waals surface area contributed by atoms with Crippen molar-refractivity contribution in [3.8, 4) is 11.3 Å². The van der Waals surface area contributed by atoms with Gasteiger partial charge in [0.1, 0.15) is 5.82 Å². The molecule has 0 unspecified atom stereocenters. The number of rotatable bonds is 4. The smallest absolute Gasteiger partial charge is 0.158 e. The van der Waals surface area contributed by atoms with E-state index in [2.05, 4.69) is 45.1 Å². The standard InChI is InChI=1S/C19H17N5S.O2/c1-24-17(11-19(22-24)23-25-16-5-3-2-4-6-16)14-8-7-13-10-18(20)21-12-15(13)9-14;1-2/h2-12H,1H3,(H2,20,21)(H,22,23);. The quantitative estimate of drug-likeness (QED) is 0.506. The van der Waals surface area contributed by atoms with E-state index in [-0.39, 0.29) is 0 Å². The molecule has 8 heteroatoms. The fourth-order valence-corrected chi connectivity index (χ4v) is 3.32. The van der Waals surface area contributed by atoms with Crippen LogP contribution in [0.15, 0.2) is 71.8 Å². The normalized spacial score (nSPS) is 10.3. The molecule has 0 fully saturated rings. The molecule has 2 aromatic carbocycles. The Balaban J connectivity index is 0.00000102. The number of hydrogen-bond acceptors (Lipinski definition) is 7. The van der Waals surface area contributed by atoms with Gasteiger partial charge in [0.15, 0.2) is 5.82 Å². The zero-order valence-electron chi connectivity index (χ0n) is 14.5. The summed E-state index contributed by atoms with van der Waals surface area (Å²) in [4.78, 5) is 19.3. The molecule has 0 saturated heterocycles. The van der Waals surface area contributed by atoms with Crippen LogP contribution in [0, 0.1) is 9.93 Å². The van der Waals surface area contributed by atoms with E-state index in [0.29, 0.717) is 5.82 Å². The maximum atomic E-state index is 7.00. The molecule has 136 valence electrons. The number of nitrogens with two attached hydrogens (primary N) is 1. The third-order valence-electron chi connectivity index (χ3n) is 3.94. The number of aryl methyl sites for hydroxylation is 1. The molecule has 0 aliphatic heterocycles. The summed E-state index contributed by atoms with van der Waals surface area (Å²) in [6, 6.07) is 20.3. The predicted molar refractivity (Wildman–Crippen MR) is 111 cm³/mol. The SMILES string of the molecule is Cn1nc(NSc2ccccc2)cc1-c1ccc2cc(N)ncc2c1.O=O. The van der Waals surface area contributed by atoms with Crippen molar-refractivity contribution in [1.29, 1.82) is 0 Å². The predicted octanol–water partition coefficient (Wildman–Crippen LogP) is 4.40. The van der Waals surface area contributed by atoms with Gasteiger partial charge in [-0.2, -0.15) is 5.10 Å². The van der Waals surface area contributed by atoms with Gasteiger partial charge in [-0.25, -0.2) is 4.98 Å². The number of fused-ring (bicyclic) bond motifs is 1. The van der Waals surface area contributed by atoms with Crippen molar-refractivity contribution in [3.05, 3.63) is 76.8 Å². The monoisotopic (exact) mass is 379 g/mol. The van der Waals surface area contributed by atoms with E-state index in [1.54, 1.807) is 18.1 Å². The van der Waals surface area contributed by atoms with Gasteiger partial charge in [0, 0.05) is 45.1 Å². The van der Waals surface area contributed by atoms with Crippen LogP contribution in [0.25, 0.3) is 22.0 Å². The molecule has 0 saturated carbocycles. The van der Waals surface area contributed by atoms with Crippen LogP contribution in [0.5, 0.6) is 0 Å². The van der Waals surface area contributed by atoms with E-state index in [9.17, 15) is 0 Å². The first kappa shape index (κ1) is 18.4. The van der Waals surface area contributed by atoms with Crippen molar-refractivity contribution in [3.63, 3.8) is 0 Å². The first-order valence-electron chi connectivity index (χ1n) is 8.03. The first-order chi connectivity index (χ1) is 13.2. The molecule has 4 rings (SSSR count). The fraction of sp³-hybridized carbons (Fsp3) is 0.0526. The third-order valence-corrected chi connectivity index (χ3v) is 4.75. The van der Waals surface area contributed by atoms with Crippen molar-refractivity contribution >= 4 is 34.4 Å². The second-order valence-corrected chi connectivity index (χ2v) is 6.61. The number of nitrogen functional groups attached to an aromatic ring is 1. The molecule has 27 heavy (non-hydrogen) atoms. The Labute approximate surface area is 160 Å². The molecule has 0 aliphatic carbocycles. The molecular formula is C19H17N5O2S. The lowest BCUT2D eigenvalue weighted by atomic mass is 10.1. The van der Waals surface area contributed by atoms with Gasteiger partial charge in [0.25, 0.3) is 0 Å². The minimum Gasteiger partial charge on any atom is -0.384 e. The van der Waals surface area contributed by atoms with Crippen LogP contribution in [0.3, 0.4) is 0 Å². The molecule has 2 heterocycles. The highest BCUT2D eigenvalue weighted by molar-refractivity contribution is 8.00. The van der Waals surface area contributed by atoms with Gasteiger partial charge in [-0.1, -0.05) is 30.3 Å². The number of aromatic nitrogens is 3. The fourth-order valence-electron chi connectivity index (χ4n) is 2.71. The molecule has 2 aromatic heterocycles. The second kappa shape index (κ2) is 8.33. The zero-order chi connectivity index (χ0) is 19.2. The van der Waals surface area contributed by atoms with Gasteiger partial charge in [0.2, 0.25) is 0 Å².